The Balaban J connectivity index is 0.000000167. The van der Waals surface area contributed by atoms with E-state index in [1.807, 2.05) is 0 Å². The molecule has 232 valence electrons. The number of rotatable bonds is 6. The largest absolute Gasteiger partial charge is 0.277 e. The number of hydrogen-bond donors (Lipinski definition) is 2. The first-order valence-electron chi connectivity index (χ1n) is 13.9. The summed E-state index contributed by atoms with van der Waals surface area (Å²) >= 11 is 5.67. The van der Waals surface area contributed by atoms with Crippen molar-refractivity contribution in [2.75, 3.05) is 0 Å². The lowest BCUT2D eigenvalue weighted by molar-refractivity contribution is 0.584. The van der Waals surface area contributed by atoms with Crippen molar-refractivity contribution < 1.29 is 17.6 Å². The van der Waals surface area contributed by atoms with Crippen LogP contribution in [-0.2, 0) is 6.42 Å². The summed E-state index contributed by atoms with van der Waals surface area (Å²) in [4.78, 5) is 0. The first-order valence-corrected chi connectivity index (χ1v) is 14.2. The van der Waals surface area contributed by atoms with Crippen LogP contribution in [0.5, 0.6) is 0 Å². The van der Waals surface area contributed by atoms with Gasteiger partial charge >= 0.3 is 0 Å². The molecule has 0 aliphatic heterocycles. The van der Waals surface area contributed by atoms with Gasteiger partial charge in [-0.2, -0.15) is 19.8 Å². The van der Waals surface area contributed by atoms with E-state index in [9.17, 15) is 17.6 Å². The number of H-pyrrole nitrogens is 2. The third-order valence-electron chi connectivity index (χ3n) is 6.78. The van der Waals surface area contributed by atoms with Gasteiger partial charge in [-0.3, -0.25) is 10.2 Å². The van der Waals surface area contributed by atoms with Crippen LogP contribution >= 0.6 is 11.6 Å². The van der Waals surface area contributed by atoms with Gasteiger partial charge in [0.05, 0.1) is 35.2 Å². The van der Waals surface area contributed by atoms with E-state index in [-0.39, 0.29) is 16.3 Å². The van der Waals surface area contributed by atoms with Gasteiger partial charge in [0.25, 0.3) is 0 Å². The Bertz CT molecular complexity index is 2140. The number of nitrogens with one attached hydrogen (secondary N) is 2. The zero-order valence-electron chi connectivity index (χ0n) is 24.2. The number of hydrogen-bond acceptors (Lipinski definition) is 7. The fraction of sp³-hybridized carbons (Fsp3) is 0.129. The highest BCUT2D eigenvalue weighted by molar-refractivity contribution is 6.29. The molecule has 0 fully saturated rings. The van der Waals surface area contributed by atoms with Crippen LogP contribution in [-0.4, -0.2) is 50.4 Å². The van der Waals surface area contributed by atoms with Gasteiger partial charge in [-0.15, -0.1) is 20.4 Å². The number of halogens is 5. The zero-order chi connectivity index (χ0) is 32.4. The number of aromatic nitrogens is 10. The molecule has 0 aliphatic rings. The van der Waals surface area contributed by atoms with Crippen LogP contribution in [0, 0.1) is 29.2 Å². The normalized spacial score (nSPS) is 11.2. The molecule has 2 aromatic carbocycles. The van der Waals surface area contributed by atoms with Crippen LogP contribution in [0.3, 0.4) is 0 Å². The second kappa shape index (κ2) is 12.9. The fourth-order valence-corrected chi connectivity index (χ4v) is 4.79. The third kappa shape index (κ3) is 6.33. The van der Waals surface area contributed by atoms with Crippen LogP contribution in [0.15, 0.2) is 73.1 Å². The lowest BCUT2D eigenvalue weighted by Gasteiger charge is -2.06. The van der Waals surface area contributed by atoms with E-state index in [0.717, 1.165) is 24.4 Å². The van der Waals surface area contributed by atoms with Crippen molar-refractivity contribution in [3.8, 4) is 45.0 Å². The minimum atomic E-state index is -0.683. The average Bonchev–Trinajstić information content (AvgIpc) is 3.78. The molecule has 5 aromatic heterocycles. The minimum absolute atomic E-state index is 0.204. The topological polar surface area (TPSA) is 126 Å². The molecule has 7 aromatic rings. The molecule has 0 amide bonds. The van der Waals surface area contributed by atoms with Crippen LogP contribution in [0.1, 0.15) is 19.7 Å². The SMILES string of the molecule is CC(C)Cc1nnc2ccc(-c3cn[nH]c3-c3ccc(F)cc3F)nn12.Fc1ccc(-c2[nH]ncc2-c2ccc(Cl)nn2)c(F)c1. The smallest absolute Gasteiger partial charge is 0.177 e. The molecule has 0 saturated carbocycles. The maximum Gasteiger partial charge on any atom is 0.177 e. The Hall–Kier alpha value is -5.50. The molecule has 10 nitrogen and oxygen atoms in total. The highest BCUT2D eigenvalue weighted by Gasteiger charge is 2.18. The number of aromatic amines is 2. The first-order chi connectivity index (χ1) is 22.2. The summed E-state index contributed by atoms with van der Waals surface area (Å²) in [6.45, 7) is 4.19. The van der Waals surface area contributed by atoms with Gasteiger partial charge in [0.1, 0.15) is 23.3 Å². The van der Waals surface area contributed by atoms with Crippen LogP contribution in [0.4, 0.5) is 17.6 Å². The highest BCUT2D eigenvalue weighted by atomic mass is 35.5. The van der Waals surface area contributed by atoms with Gasteiger partial charge in [0.15, 0.2) is 16.6 Å². The maximum absolute atomic E-state index is 14.2. The summed E-state index contributed by atoms with van der Waals surface area (Å²) in [5.41, 5.74) is 4.16. The van der Waals surface area contributed by atoms with Crippen molar-refractivity contribution in [1.29, 1.82) is 0 Å². The van der Waals surface area contributed by atoms with Gasteiger partial charge in [-0.05, 0) is 54.4 Å². The number of nitrogens with zero attached hydrogens (tertiary/aromatic N) is 8. The molecule has 0 atom stereocenters. The third-order valence-corrected chi connectivity index (χ3v) is 6.98. The van der Waals surface area contributed by atoms with Gasteiger partial charge in [0, 0.05) is 40.8 Å². The molecule has 0 spiro atoms. The molecule has 0 unspecified atom stereocenters. The van der Waals surface area contributed by atoms with Crippen molar-refractivity contribution >= 4 is 17.2 Å². The number of benzene rings is 2. The Kier molecular flexibility index (Phi) is 8.53. The molecule has 0 bridgehead atoms. The van der Waals surface area contributed by atoms with E-state index in [1.165, 1.54) is 30.5 Å². The molecule has 2 N–H and O–H groups in total. The monoisotopic (exact) mass is 646 g/mol. The van der Waals surface area contributed by atoms with Crippen LogP contribution < -0.4 is 0 Å². The number of fused-ring (bicyclic) bond motifs is 1. The standard InChI is InChI=1S/C18H16F2N6.C13H7ClF2N4/c1-10(2)7-17-23-22-16-6-5-15(25-26(16)17)13-9-21-24-18(13)12-4-3-11(19)8-14(12)20;14-12-4-3-11(18-19-12)9-6-17-20-13(9)8-2-1-7(15)5-10(8)16/h3-6,8-10H,7H2,1-2H3,(H,21,24);1-6H,(H,17,20). The highest BCUT2D eigenvalue weighted by Crippen LogP contribution is 2.32. The Labute approximate surface area is 263 Å². The minimum Gasteiger partial charge on any atom is -0.277 e. The van der Waals surface area contributed by atoms with E-state index in [2.05, 4.69) is 59.7 Å². The quantitative estimate of drug-likeness (QED) is 0.184. The van der Waals surface area contributed by atoms with E-state index in [0.29, 0.717) is 45.5 Å². The zero-order valence-corrected chi connectivity index (χ0v) is 24.9. The van der Waals surface area contributed by atoms with E-state index < -0.39 is 23.3 Å². The predicted molar refractivity (Wildman–Crippen MR) is 162 cm³/mol. The van der Waals surface area contributed by atoms with Crippen molar-refractivity contribution in [1.82, 2.24) is 50.4 Å². The van der Waals surface area contributed by atoms with Gasteiger partial charge < -0.3 is 0 Å². The summed E-state index contributed by atoms with van der Waals surface area (Å²) in [5, 5.41) is 34.2. The average molecular weight is 647 g/mol. The Morgan fingerprint density at radius 1 is 0.674 bits per heavy atom. The van der Waals surface area contributed by atoms with E-state index >= 15 is 0 Å². The first kappa shape index (κ1) is 30.5. The molecule has 0 radical (unpaired) electrons. The van der Waals surface area contributed by atoms with Gasteiger partial charge in [-0.25, -0.2) is 17.6 Å². The second-order valence-electron chi connectivity index (χ2n) is 10.5. The maximum atomic E-state index is 14.2. The molecule has 15 heteroatoms. The summed E-state index contributed by atoms with van der Waals surface area (Å²) < 4.78 is 55.9. The molecule has 5 heterocycles. The molecule has 46 heavy (non-hydrogen) atoms. The summed E-state index contributed by atoms with van der Waals surface area (Å²) in [6.07, 6.45) is 3.80. The molecular weight excluding hydrogens is 624 g/mol. The van der Waals surface area contributed by atoms with Crippen molar-refractivity contribution in [3.63, 3.8) is 0 Å². The fourth-order valence-electron chi connectivity index (χ4n) is 4.68. The summed E-state index contributed by atoms with van der Waals surface area (Å²) in [6, 6.07) is 13.6. The van der Waals surface area contributed by atoms with Crippen LogP contribution in [0.2, 0.25) is 5.15 Å². The van der Waals surface area contributed by atoms with E-state index in [4.69, 9.17) is 11.6 Å². The molecular formula is C31H23ClF4N10. The Morgan fingerprint density at radius 2 is 1.26 bits per heavy atom. The van der Waals surface area contributed by atoms with E-state index in [1.54, 1.807) is 35.0 Å². The van der Waals surface area contributed by atoms with Gasteiger partial charge in [0.2, 0.25) is 0 Å². The predicted octanol–water partition coefficient (Wildman–Crippen LogP) is 7.12. The van der Waals surface area contributed by atoms with Gasteiger partial charge in [-0.1, -0.05) is 25.4 Å². The Morgan fingerprint density at radius 3 is 1.80 bits per heavy atom. The molecule has 0 aliphatic carbocycles. The van der Waals surface area contributed by atoms with Crippen molar-refractivity contribution in [2.24, 2.45) is 5.92 Å². The van der Waals surface area contributed by atoms with Crippen molar-refractivity contribution in [3.05, 3.63) is 107 Å². The lowest BCUT2D eigenvalue weighted by atomic mass is 10.1. The summed E-state index contributed by atoms with van der Waals surface area (Å²) in [7, 11) is 0. The van der Waals surface area contributed by atoms with Crippen molar-refractivity contribution in [2.45, 2.75) is 20.3 Å². The second-order valence-corrected chi connectivity index (χ2v) is 10.9. The molecule has 7 rings (SSSR count). The summed E-state index contributed by atoms with van der Waals surface area (Å²) in [5.74, 6) is -1.45. The molecule has 0 saturated heterocycles. The van der Waals surface area contributed by atoms with Crippen LogP contribution in [0.25, 0.3) is 50.7 Å². The lowest BCUT2D eigenvalue weighted by Crippen LogP contribution is -2.04.